The monoisotopic (exact) mass is 190 g/mol. The van der Waals surface area contributed by atoms with Crippen LogP contribution in [0.2, 0.25) is 0 Å². The van der Waals surface area contributed by atoms with Gasteiger partial charge in [-0.05, 0) is 31.6 Å². The van der Waals surface area contributed by atoms with Crippen molar-refractivity contribution in [3.63, 3.8) is 0 Å². The Bertz CT molecular complexity index is 241. The minimum atomic E-state index is -2.73. The third-order valence-corrected chi connectivity index (χ3v) is 5.19. The average molecular weight is 190 g/mol. The lowest BCUT2D eigenvalue weighted by molar-refractivity contribution is 0.332. The van der Waals surface area contributed by atoms with Crippen molar-refractivity contribution in [2.24, 2.45) is 11.8 Å². The van der Waals surface area contributed by atoms with Crippen molar-refractivity contribution in [1.82, 2.24) is 0 Å². The first-order chi connectivity index (χ1) is 5.43. The second-order valence-corrected chi connectivity index (χ2v) is 6.74. The molecule has 72 valence electrons. The van der Waals surface area contributed by atoms with Gasteiger partial charge in [-0.3, -0.25) is 0 Å². The summed E-state index contributed by atoms with van der Waals surface area (Å²) in [5.74, 6) is 1.64. The van der Waals surface area contributed by atoms with Crippen LogP contribution in [0, 0.1) is 11.8 Å². The molecule has 0 N–H and O–H groups in total. The molecule has 1 aliphatic rings. The summed E-state index contributed by atoms with van der Waals surface area (Å²) in [5, 5.41) is -0.112. The van der Waals surface area contributed by atoms with Crippen LogP contribution in [0.5, 0.6) is 0 Å². The normalized spacial score (nSPS) is 35.3. The summed E-state index contributed by atoms with van der Waals surface area (Å²) in [4.78, 5) is 0. The summed E-state index contributed by atoms with van der Waals surface area (Å²) in [6.07, 6.45) is 1.73. The largest absolute Gasteiger partial charge is 0.229 e. The van der Waals surface area contributed by atoms with Crippen molar-refractivity contribution >= 4 is 9.84 Å². The summed E-state index contributed by atoms with van der Waals surface area (Å²) in [7, 11) is -2.73. The van der Waals surface area contributed by atoms with Crippen LogP contribution in [-0.2, 0) is 9.84 Å². The first-order valence-electron chi connectivity index (χ1n) is 4.65. The molecule has 1 fully saturated rings. The molecule has 1 rings (SSSR count). The first kappa shape index (κ1) is 10.0. The van der Waals surface area contributed by atoms with E-state index < -0.39 is 9.84 Å². The highest BCUT2D eigenvalue weighted by atomic mass is 32.2. The molecule has 1 saturated heterocycles. The highest BCUT2D eigenvalue weighted by Gasteiger charge is 2.31. The summed E-state index contributed by atoms with van der Waals surface area (Å²) in [6, 6.07) is 0. The van der Waals surface area contributed by atoms with Crippen LogP contribution < -0.4 is 0 Å². The van der Waals surface area contributed by atoms with Crippen LogP contribution >= 0.6 is 0 Å². The standard InChI is InChI=1S/C9H18O2S/c1-7(2)9-4-5-12(10,11)8(3)6-9/h7-9H,4-6H2,1-3H3. The lowest BCUT2D eigenvalue weighted by Crippen LogP contribution is -2.32. The topological polar surface area (TPSA) is 34.1 Å². The van der Waals surface area contributed by atoms with Gasteiger partial charge >= 0.3 is 0 Å². The van der Waals surface area contributed by atoms with Crippen molar-refractivity contribution < 1.29 is 8.42 Å². The lowest BCUT2D eigenvalue weighted by Gasteiger charge is -2.29. The van der Waals surface area contributed by atoms with Crippen molar-refractivity contribution in [1.29, 1.82) is 0 Å². The zero-order valence-corrected chi connectivity index (χ0v) is 8.89. The van der Waals surface area contributed by atoms with Crippen LogP contribution in [0.25, 0.3) is 0 Å². The van der Waals surface area contributed by atoms with Gasteiger partial charge in [-0.25, -0.2) is 8.42 Å². The van der Waals surface area contributed by atoms with Crippen molar-refractivity contribution in [2.45, 2.75) is 38.9 Å². The van der Waals surface area contributed by atoms with Crippen LogP contribution in [0.15, 0.2) is 0 Å². The Labute approximate surface area is 75.3 Å². The lowest BCUT2D eigenvalue weighted by atomic mass is 9.89. The molecule has 0 aromatic carbocycles. The zero-order valence-electron chi connectivity index (χ0n) is 8.08. The Morgan fingerprint density at radius 1 is 1.33 bits per heavy atom. The maximum atomic E-state index is 11.3. The van der Waals surface area contributed by atoms with Gasteiger partial charge in [0, 0.05) is 0 Å². The van der Waals surface area contributed by atoms with Crippen LogP contribution in [-0.4, -0.2) is 19.4 Å². The zero-order chi connectivity index (χ0) is 9.35. The minimum Gasteiger partial charge on any atom is -0.229 e. The van der Waals surface area contributed by atoms with E-state index in [9.17, 15) is 8.42 Å². The molecule has 2 atom stereocenters. The fraction of sp³-hybridized carbons (Fsp3) is 1.00. The third-order valence-electron chi connectivity index (χ3n) is 2.96. The predicted octanol–water partition coefficient (Wildman–Crippen LogP) is 1.86. The smallest absolute Gasteiger partial charge is 0.152 e. The Morgan fingerprint density at radius 3 is 2.33 bits per heavy atom. The predicted molar refractivity (Wildman–Crippen MR) is 50.8 cm³/mol. The van der Waals surface area contributed by atoms with E-state index in [1.165, 1.54) is 0 Å². The van der Waals surface area contributed by atoms with Gasteiger partial charge in [0.15, 0.2) is 9.84 Å². The molecule has 1 aliphatic heterocycles. The van der Waals surface area contributed by atoms with E-state index in [4.69, 9.17) is 0 Å². The van der Waals surface area contributed by atoms with Gasteiger partial charge in [0.1, 0.15) is 0 Å². The van der Waals surface area contributed by atoms with Crippen LogP contribution in [0.4, 0.5) is 0 Å². The molecule has 0 aromatic heterocycles. The fourth-order valence-electron chi connectivity index (χ4n) is 1.81. The molecule has 2 unspecified atom stereocenters. The fourth-order valence-corrected chi connectivity index (χ4v) is 3.39. The van der Waals surface area contributed by atoms with Crippen molar-refractivity contribution in [3.05, 3.63) is 0 Å². The summed E-state index contributed by atoms with van der Waals surface area (Å²) >= 11 is 0. The highest BCUT2D eigenvalue weighted by molar-refractivity contribution is 7.92. The van der Waals surface area contributed by atoms with Crippen LogP contribution in [0.3, 0.4) is 0 Å². The molecule has 0 saturated carbocycles. The van der Waals surface area contributed by atoms with E-state index in [1.54, 1.807) is 0 Å². The van der Waals surface area contributed by atoms with E-state index in [0.29, 0.717) is 17.6 Å². The highest BCUT2D eigenvalue weighted by Crippen LogP contribution is 2.29. The SMILES string of the molecule is CC(C)C1CCS(=O)(=O)C(C)C1. The molecule has 2 nitrogen and oxygen atoms in total. The van der Waals surface area contributed by atoms with E-state index in [-0.39, 0.29) is 5.25 Å². The molecular formula is C9H18O2S. The van der Waals surface area contributed by atoms with Gasteiger partial charge < -0.3 is 0 Å². The van der Waals surface area contributed by atoms with Gasteiger partial charge in [0.25, 0.3) is 0 Å². The number of rotatable bonds is 1. The van der Waals surface area contributed by atoms with Gasteiger partial charge in [0.05, 0.1) is 11.0 Å². The van der Waals surface area contributed by atoms with Crippen molar-refractivity contribution in [3.8, 4) is 0 Å². The number of sulfone groups is 1. The Morgan fingerprint density at radius 2 is 1.92 bits per heavy atom. The molecule has 0 aliphatic carbocycles. The molecular weight excluding hydrogens is 172 g/mol. The molecule has 0 spiro atoms. The second-order valence-electron chi connectivity index (χ2n) is 4.21. The van der Waals surface area contributed by atoms with Gasteiger partial charge in [-0.2, -0.15) is 0 Å². The quantitative estimate of drug-likeness (QED) is 0.632. The number of hydrogen-bond donors (Lipinski definition) is 0. The van der Waals surface area contributed by atoms with E-state index in [1.807, 2.05) is 6.92 Å². The third kappa shape index (κ3) is 2.00. The molecule has 0 radical (unpaired) electrons. The molecule has 0 aromatic rings. The van der Waals surface area contributed by atoms with Gasteiger partial charge in [-0.1, -0.05) is 13.8 Å². The van der Waals surface area contributed by atoms with E-state index in [0.717, 1.165) is 12.8 Å². The molecule has 1 heterocycles. The molecule has 12 heavy (non-hydrogen) atoms. The second kappa shape index (κ2) is 3.36. The molecule has 0 amide bonds. The average Bonchev–Trinajstić information content (AvgIpc) is 1.94. The first-order valence-corrected chi connectivity index (χ1v) is 6.36. The van der Waals surface area contributed by atoms with E-state index >= 15 is 0 Å². The summed E-state index contributed by atoms with van der Waals surface area (Å²) in [5.41, 5.74) is 0. The minimum absolute atomic E-state index is 0.112. The maximum Gasteiger partial charge on any atom is 0.152 e. The van der Waals surface area contributed by atoms with Crippen molar-refractivity contribution in [2.75, 3.05) is 5.75 Å². The Hall–Kier alpha value is -0.0500. The van der Waals surface area contributed by atoms with Gasteiger partial charge in [0.2, 0.25) is 0 Å². The van der Waals surface area contributed by atoms with Gasteiger partial charge in [-0.15, -0.1) is 0 Å². The molecule has 3 heteroatoms. The van der Waals surface area contributed by atoms with Crippen LogP contribution in [0.1, 0.15) is 33.6 Å². The maximum absolute atomic E-state index is 11.3. The van der Waals surface area contributed by atoms with E-state index in [2.05, 4.69) is 13.8 Å². The summed E-state index contributed by atoms with van der Waals surface area (Å²) in [6.45, 7) is 6.19. The summed E-state index contributed by atoms with van der Waals surface area (Å²) < 4.78 is 22.7. The molecule has 0 bridgehead atoms. The Kier molecular flexibility index (Phi) is 2.81. The Balaban J connectivity index is 2.64. The number of hydrogen-bond acceptors (Lipinski definition) is 2.